The van der Waals surface area contributed by atoms with Gasteiger partial charge in [0.25, 0.3) is 0 Å². The molecule has 1 aromatic heterocycles. The molecule has 1 heterocycles. The van der Waals surface area contributed by atoms with Gasteiger partial charge in [-0.15, -0.1) is 11.3 Å². The highest BCUT2D eigenvalue weighted by Crippen LogP contribution is 2.38. The topological polar surface area (TPSA) is 86.2 Å². The minimum Gasteiger partial charge on any atom is -0.320 e. The van der Waals surface area contributed by atoms with Crippen molar-refractivity contribution in [1.82, 2.24) is 0 Å². The van der Waals surface area contributed by atoms with Crippen LogP contribution in [0.3, 0.4) is 0 Å². The maximum Gasteiger partial charge on any atom is 0.170 e. The first-order valence-corrected chi connectivity index (χ1v) is 8.76. The molecule has 1 rings (SSSR count). The summed E-state index contributed by atoms with van der Waals surface area (Å²) in [5, 5.41) is 0.460. The van der Waals surface area contributed by atoms with Crippen LogP contribution in [0.5, 0.6) is 0 Å². The van der Waals surface area contributed by atoms with Gasteiger partial charge < -0.3 is 11.5 Å². The quantitative estimate of drug-likeness (QED) is 0.846. The largest absolute Gasteiger partial charge is 0.320 e. The molecular formula is C10H16BrClN2O2S2. The van der Waals surface area contributed by atoms with Crippen molar-refractivity contribution in [1.29, 1.82) is 0 Å². The zero-order valence-electron chi connectivity index (χ0n) is 10.3. The van der Waals surface area contributed by atoms with Gasteiger partial charge in [0, 0.05) is 4.88 Å². The van der Waals surface area contributed by atoms with E-state index in [4.69, 9.17) is 23.1 Å². The Morgan fingerprint density at radius 1 is 1.39 bits per heavy atom. The van der Waals surface area contributed by atoms with E-state index in [-0.39, 0.29) is 5.75 Å². The third-order valence-electron chi connectivity index (χ3n) is 2.47. The molecule has 0 radical (unpaired) electrons. The van der Waals surface area contributed by atoms with Crippen LogP contribution < -0.4 is 11.5 Å². The zero-order chi connectivity index (χ0) is 14.4. The van der Waals surface area contributed by atoms with Crippen LogP contribution in [-0.4, -0.2) is 19.0 Å². The molecule has 18 heavy (non-hydrogen) atoms. The molecule has 1 aromatic rings. The zero-order valence-corrected chi connectivity index (χ0v) is 14.3. The van der Waals surface area contributed by atoms with E-state index in [1.54, 1.807) is 13.0 Å². The summed E-state index contributed by atoms with van der Waals surface area (Å²) in [5.41, 5.74) is 10.7. The van der Waals surface area contributed by atoms with Gasteiger partial charge in [0.05, 0.1) is 20.1 Å². The van der Waals surface area contributed by atoms with Crippen LogP contribution in [0.2, 0.25) is 5.02 Å². The predicted octanol–water partition coefficient (Wildman–Crippen LogP) is 2.45. The third-order valence-corrected chi connectivity index (χ3v) is 7.38. The molecule has 0 saturated heterocycles. The molecular weight excluding hydrogens is 360 g/mol. The summed E-state index contributed by atoms with van der Waals surface area (Å²) in [4.78, 5) is -0.696. The van der Waals surface area contributed by atoms with Crippen LogP contribution in [0.4, 0.5) is 0 Å². The summed E-state index contributed by atoms with van der Waals surface area (Å²) in [5.74, 6) is -0.254. The van der Waals surface area contributed by atoms with Crippen LogP contribution in [0.1, 0.15) is 25.6 Å². The molecule has 0 bridgehead atoms. The van der Waals surface area contributed by atoms with Gasteiger partial charge in [-0.2, -0.15) is 0 Å². The number of hydrogen-bond donors (Lipinski definition) is 2. The summed E-state index contributed by atoms with van der Waals surface area (Å²) in [6, 6.07) is 1.70. The maximum atomic E-state index is 12.1. The van der Waals surface area contributed by atoms with Gasteiger partial charge in [-0.05, 0) is 42.8 Å². The monoisotopic (exact) mass is 374 g/mol. The van der Waals surface area contributed by atoms with Crippen LogP contribution in [0.25, 0.3) is 0 Å². The molecule has 0 aliphatic rings. The number of thiophene rings is 1. The van der Waals surface area contributed by atoms with E-state index in [1.165, 1.54) is 25.2 Å². The lowest BCUT2D eigenvalue weighted by atomic mass is 10.1. The molecule has 0 spiro atoms. The Hall–Kier alpha value is 0.340. The van der Waals surface area contributed by atoms with Gasteiger partial charge in [0.15, 0.2) is 9.84 Å². The van der Waals surface area contributed by atoms with Crippen molar-refractivity contribution in [3.63, 3.8) is 0 Å². The van der Waals surface area contributed by atoms with E-state index in [0.717, 1.165) is 3.79 Å². The smallest absolute Gasteiger partial charge is 0.170 e. The van der Waals surface area contributed by atoms with Crippen LogP contribution >= 0.6 is 38.9 Å². The van der Waals surface area contributed by atoms with Gasteiger partial charge in [-0.1, -0.05) is 11.6 Å². The fraction of sp³-hybridized carbons (Fsp3) is 0.600. The lowest BCUT2D eigenvalue weighted by Crippen LogP contribution is -2.50. The summed E-state index contributed by atoms with van der Waals surface area (Å²) >= 11 is 10.7. The molecule has 0 amide bonds. The molecule has 0 saturated carbocycles. The average molecular weight is 376 g/mol. The molecule has 0 aliphatic heterocycles. The first-order chi connectivity index (χ1) is 7.87. The Bertz CT molecular complexity index is 547. The van der Waals surface area contributed by atoms with Crippen LogP contribution in [0, 0.1) is 0 Å². The molecule has 1 atom stereocenters. The van der Waals surface area contributed by atoms with E-state index in [2.05, 4.69) is 15.9 Å². The van der Waals surface area contributed by atoms with Gasteiger partial charge >= 0.3 is 0 Å². The van der Waals surface area contributed by atoms with Gasteiger partial charge in [-0.3, -0.25) is 0 Å². The number of sulfone groups is 1. The number of halogens is 2. The molecule has 0 aromatic carbocycles. The average Bonchev–Trinajstić information content (AvgIpc) is 2.41. The Morgan fingerprint density at radius 3 is 2.22 bits per heavy atom. The van der Waals surface area contributed by atoms with Crippen molar-refractivity contribution in [3.05, 3.63) is 19.8 Å². The second-order valence-electron chi connectivity index (χ2n) is 5.01. The Morgan fingerprint density at radius 2 is 1.89 bits per heavy atom. The van der Waals surface area contributed by atoms with Crippen molar-refractivity contribution in [2.24, 2.45) is 11.5 Å². The molecule has 4 N–H and O–H groups in total. The Balaban J connectivity index is 3.14. The highest BCUT2D eigenvalue weighted by atomic mass is 79.9. The van der Waals surface area contributed by atoms with Crippen molar-refractivity contribution >= 4 is 48.7 Å². The number of rotatable bonds is 4. The van der Waals surface area contributed by atoms with Gasteiger partial charge in [0.1, 0.15) is 4.87 Å². The molecule has 104 valence electrons. The third kappa shape index (κ3) is 3.46. The molecule has 8 heteroatoms. The van der Waals surface area contributed by atoms with Crippen molar-refractivity contribution in [2.75, 3.05) is 5.75 Å². The molecule has 0 fully saturated rings. The standard InChI is InChI=1S/C10H16BrClN2O2S2/c1-9(2,13)18(15,16)5-10(3,14)8-6(12)4-7(11)17-8/h4H,5,13-14H2,1-3H3/t10-/m0/s1. The summed E-state index contributed by atoms with van der Waals surface area (Å²) < 4.78 is 25.0. The Kier molecular flexibility index (Phi) is 4.58. The molecule has 0 unspecified atom stereocenters. The summed E-state index contributed by atoms with van der Waals surface area (Å²) in [6.07, 6.45) is 0. The van der Waals surface area contributed by atoms with Crippen molar-refractivity contribution < 1.29 is 8.42 Å². The maximum absolute atomic E-state index is 12.1. The lowest BCUT2D eigenvalue weighted by Gasteiger charge is -2.28. The molecule has 4 nitrogen and oxygen atoms in total. The lowest BCUT2D eigenvalue weighted by molar-refractivity contribution is 0.510. The SMILES string of the molecule is CC(C)(N)S(=O)(=O)C[C@](C)(N)c1sc(Br)cc1Cl. The van der Waals surface area contributed by atoms with Crippen molar-refractivity contribution in [3.8, 4) is 0 Å². The number of nitrogens with two attached hydrogens (primary N) is 2. The van der Waals surface area contributed by atoms with Crippen molar-refractivity contribution in [2.45, 2.75) is 31.2 Å². The van der Waals surface area contributed by atoms with Gasteiger partial charge in [0.2, 0.25) is 0 Å². The van der Waals surface area contributed by atoms with Gasteiger partial charge in [-0.25, -0.2) is 8.42 Å². The minimum absolute atomic E-state index is 0.254. The van der Waals surface area contributed by atoms with E-state index in [0.29, 0.717) is 9.90 Å². The fourth-order valence-corrected chi connectivity index (χ4v) is 4.96. The minimum atomic E-state index is -3.53. The number of hydrogen-bond acceptors (Lipinski definition) is 5. The van der Waals surface area contributed by atoms with Crippen LogP contribution in [-0.2, 0) is 15.4 Å². The highest BCUT2D eigenvalue weighted by Gasteiger charge is 2.38. The predicted molar refractivity (Wildman–Crippen MR) is 80.6 cm³/mol. The first kappa shape index (κ1) is 16.4. The highest BCUT2D eigenvalue weighted by molar-refractivity contribution is 9.11. The van der Waals surface area contributed by atoms with Crippen LogP contribution in [0.15, 0.2) is 9.85 Å². The summed E-state index contributed by atoms with van der Waals surface area (Å²) in [7, 11) is -3.53. The fourth-order valence-electron chi connectivity index (χ4n) is 1.38. The normalized spacial score (nSPS) is 16.6. The first-order valence-electron chi connectivity index (χ1n) is 5.12. The van der Waals surface area contributed by atoms with E-state index < -0.39 is 20.2 Å². The molecule has 0 aliphatic carbocycles. The summed E-state index contributed by atoms with van der Waals surface area (Å²) in [6.45, 7) is 4.54. The van der Waals surface area contributed by atoms with E-state index in [1.807, 2.05) is 0 Å². The second-order valence-corrected chi connectivity index (χ2v) is 10.4. The second kappa shape index (κ2) is 5.03. The van der Waals surface area contributed by atoms with E-state index >= 15 is 0 Å². The van der Waals surface area contributed by atoms with E-state index in [9.17, 15) is 8.42 Å². The Labute approximate surface area is 125 Å².